The van der Waals surface area contributed by atoms with Crippen molar-refractivity contribution in [2.24, 2.45) is 0 Å². The summed E-state index contributed by atoms with van der Waals surface area (Å²) >= 11 is 0. The number of aromatic nitrogens is 1. The zero-order valence-corrected chi connectivity index (χ0v) is 12.9. The van der Waals surface area contributed by atoms with Gasteiger partial charge in [-0.3, -0.25) is 15.4 Å². The first-order valence-electron chi connectivity index (χ1n) is 7.33. The molecule has 1 amide bonds. The molecule has 0 saturated carbocycles. The zero-order chi connectivity index (χ0) is 17.8. The topological polar surface area (TPSA) is 108 Å². The molecule has 3 rings (SSSR count). The lowest BCUT2D eigenvalue weighted by Crippen LogP contribution is -2.28. The van der Waals surface area contributed by atoms with Crippen molar-refractivity contribution in [2.45, 2.75) is 6.61 Å². The number of hydrogen-bond acceptors (Lipinski definition) is 5. The molecule has 8 nitrogen and oxygen atoms in total. The van der Waals surface area contributed by atoms with Crippen molar-refractivity contribution in [3.05, 3.63) is 81.7 Å². The van der Waals surface area contributed by atoms with Crippen LogP contribution in [0.1, 0.15) is 5.56 Å². The van der Waals surface area contributed by atoms with Crippen LogP contribution in [0.15, 0.2) is 60.8 Å². The maximum absolute atomic E-state index is 12.0. The Bertz CT molecular complexity index is 944. The first kappa shape index (κ1) is 16.2. The molecule has 1 N–H and O–H groups in total. The van der Waals surface area contributed by atoms with Crippen molar-refractivity contribution >= 4 is 28.4 Å². The van der Waals surface area contributed by atoms with Crippen LogP contribution in [0.3, 0.4) is 0 Å². The van der Waals surface area contributed by atoms with Crippen LogP contribution in [-0.2, 0) is 11.3 Å². The van der Waals surface area contributed by atoms with Gasteiger partial charge in [-0.1, -0.05) is 30.3 Å². The number of amides is 1. The van der Waals surface area contributed by atoms with Gasteiger partial charge in [-0.2, -0.15) is 4.73 Å². The van der Waals surface area contributed by atoms with Gasteiger partial charge >= 0.3 is 6.09 Å². The number of benzene rings is 2. The molecule has 0 fully saturated rings. The van der Waals surface area contributed by atoms with Gasteiger partial charge in [0.05, 0.1) is 4.92 Å². The van der Waals surface area contributed by atoms with E-state index in [1.807, 2.05) is 18.2 Å². The number of carbonyl (C=O) groups is 1. The van der Waals surface area contributed by atoms with Gasteiger partial charge in [-0.05, 0) is 17.7 Å². The van der Waals surface area contributed by atoms with E-state index >= 15 is 0 Å². The number of nitro benzene ring substituents is 1. The second-order valence-corrected chi connectivity index (χ2v) is 5.17. The fourth-order valence-corrected chi connectivity index (χ4v) is 2.42. The van der Waals surface area contributed by atoms with Crippen molar-refractivity contribution in [2.75, 3.05) is 5.32 Å². The third-order valence-electron chi connectivity index (χ3n) is 3.54. The van der Waals surface area contributed by atoms with E-state index in [2.05, 4.69) is 5.32 Å². The molecule has 0 saturated heterocycles. The number of nitrogens with zero attached hydrogens (tertiary/aromatic N) is 2. The van der Waals surface area contributed by atoms with Crippen molar-refractivity contribution in [1.82, 2.24) is 0 Å². The molecule has 0 spiro atoms. The molecule has 8 heteroatoms. The third kappa shape index (κ3) is 3.47. The van der Waals surface area contributed by atoms with E-state index in [9.17, 15) is 20.1 Å². The van der Waals surface area contributed by atoms with Gasteiger partial charge in [0.15, 0.2) is 6.20 Å². The lowest BCUT2D eigenvalue weighted by molar-refractivity contribution is -0.576. The highest BCUT2D eigenvalue weighted by atomic mass is 16.6. The fraction of sp³-hybridized carbons (Fsp3) is 0.0588. The van der Waals surface area contributed by atoms with E-state index in [0.717, 1.165) is 5.56 Å². The van der Waals surface area contributed by atoms with Crippen molar-refractivity contribution < 1.29 is 19.2 Å². The Labute approximate surface area is 142 Å². The Balaban J connectivity index is 1.85. The van der Waals surface area contributed by atoms with Gasteiger partial charge in [0.25, 0.3) is 11.2 Å². The number of pyridine rings is 1. The molecule has 0 unspecified atom stereocenters. The highest BCUT2D eigenvalue weighted by molar-refractivity contribution is 6.00. The number of rotatable bonds is 4. The number of hydrogen-bond donors (Lipinski definition) is 1. The van der Waals surface area contributed by atoms with Crippen molar-refractivity contribution in [3.63, 3.8) is 0 Å². The molecular weight excluding hydrogens is 326 g/mol. The minimum Gasteiger partial charge on any atom is -0.618 e. The van der Waals surface area contributed by atoms with Gasteiger partial charge in [-0.15, -0.1) is 0 Å². The molecule has 25 heavy (non-hydrogen) atoms. The monoisotopic (exact) mass is 339 g/mol. The van der Waals surface area contributed by atoms with Crippen molar-refractivity contribution in [3.8, 4) is 0 Å². The van der Waals surface area contributed by atoms with Crippen molar-refractivity contribution in [1.29, 1.82) is 0 Å². The van der Waals surface area contributed by atoms with Crippen LogP contribution in [0.25, 0.3) is 10.9 Å². The van der Waals surface area contributed by atoms with Gasteiger partial charge in [0.1, 0.15) is 17.7 Å². The fourth-order valence-electron chi connectivity index (χ4n) is 2.42. The molecule has 0 radical (unpaired) electrons. The maximum Gasteiger partial charge on any atom is 0.412 e. The first-order valence-corrected chi connectivity index (χ1v) is 7.33. The minimum atomic E-state index is -0.761. The minimum absolute atomic E-state index is 0.00615. The standard InChI is InChI=1S/C17H13N3O5/c21-17(25-11-12-5-2-1-3-6-12)18-14-8-9-15(20(23)24)13-7-4-10-19(22)16(13)14/h1-10H,11H2,(H,18,21). The number of carbonyl (C=O) groups excluding carboxylic acids is 1. The Morgan fingerprint density at radius 2 is 1.88 bits per heavy atom. The molecular formula is C17H13N3O5. The number of fused-ring (bicyclic) bond motifs is 1. The number of non-ortho nitro benzene ring substituents is 1. The second-order valence-electron chi connectivity index (χ2n) is 5.17. The molecule has 3 aromatic rings. The summed E-state index contributed by atoms with van der Waals surface area (Å²) in [5, 5.41) is 25.7. The lowest BCUT2D eigenvalue weighted by atomic mass is 10.1. The SMILES string of the molecule is O=C(Nc1ccc([N+](=O)[O-])c2ccc[n+]([O-])c12)OCc1ccccc1. The predicted molar refractivity (Wildman–Crippen MR) is 89.8 cm³/mol. The number of ether oxygens (including phenoxy) is 1. The molecule has 0 atom stereocenters. The Morgan fingerprint density at radius 1 is 1.12 bits per heavy atom. The van der Waals surface area contributed by atoms with Crippen LogP contribution < -0.4 is 10.0 Å². The number of anilines is 1. The highest BCUT2D eigenvalue weighted by Gasteiger charge is 2.21. The van der Waals surface area contributed by atoms with Gasteiger partial charge in [0.2, 0.25) is 0 Å². The summed E-state index contributed by atoms with van der Waals surface area (Å²) in [5.74, 6) is 0. The molecule has 0 aliphatic rings. The van der Waals surface area contributed by atoms with E-state index in [1.165, 1.54) is 30.5 Å². The normalized spacial score (nSPS) is 10.4. The summed E-state index contributed by atoms with van der Waals surface area (Å²) in [6, 6.07) is 14.5. The first-order chi connectivity index (χ1) is 12.1. The van der Waals surface area contributed by atoms with Gasteiger partial charge < -0.3 is 9.94 Å². The quantitative estimate of drug-likeness (QED) is 0.340. The van der Waals surface area contributed by atoms with Crippen LogP contribution in [-0.4, -0.2) is 11.0 Å². The Hall–Kier alpha value is -3.68. The smallest absolute Gasteiger partial charge is 0.412 e. The summed E-state index contributed by atoms with van der Waals surface area (Å²) in [4.78, 5) is 22.5. The van der Waals surface area contributed by atoms with Crippen LogP contribution in [0.4, 0.5) is 16.2 Å². The Morgan fingerprint density at radius 3 is 2.60 bits per heavy atom. The maximum atomic E-state index is 12.0. The number of nitro groups is 1. The predicted octanol–water partition coefficient (Wildman–Crippen LogP) is 3.13. The van der Waals surface area contributed by atoms with Gasteiger partial charge in [0, 0.05) is 12.1 Å². The Kier molecular flexibility index (Phi) is 4.42. The second kappa shape index (κ2) is 6.83. The van der Waals surface area contributed by atoms with E-state index in [1.54, 1.807) is 12.1 Å². The zero-order valence-electron chi connectivity index (χ0n) is 12.9. The summed E-state index contributed by atoms with van der Waals surface area (Å²) in [5.41, 5.74) is 0.719. The largest absolute Gasteiger partial charge is 0.618 e. The van der Waals surface area contributed by atoms with Crippen LogP contribution in [0.5, 0.6) is 0 Å². The number of nitrogens with one attached hydrogen (secondary N) is 1. The van der Waals surface area contributed by atoms with Crippen LogP contribution in [0.2, 0.25) is 0 Å². The molecule has 0 aliphatic heterocycles. The molecule has 0 bridgehead atoms. The van der Waals surface area contributed by atoms with E-state index < -0.39 is 11.0 Å². The summed E-state index contributed by atoms with van der Waals surface area (Å²) in [6.07, 6.45) is 0.440. The summed E-state index contributed by atoms with van der Waals surface area (Å²) in [7, 11) is 0. The van der Waals surface area contributed by atoms with E-state index in [0.29, 0.717) is 4.73 Å². The van der Waals surface area contributed by atoms with E-state index in [4.69, 9.17) is 4.74 Å². The molecule has 2 aromatic carbocycles. The average Bonchev–Trinajstić information content (AvgIpc) is 2.61. The average molecular weight is 339 g/mol. The third-order valence-corrected chi connectivity index (χ3v) is 3.54. The molecule has 0 aliphatic carbocycles. The highest BCUT2D eigenvalue weighted by Crippen LogP contribution is 2.29. The van der Waals surface area contributed by atoms with E-state index in [-0.39, 0.29) is 28.9 Å². The summed E-state index contributed by atoms with van der Waals surface area (Å²) in [6.45, 7) is 0.0644. The van der Waals surface area contributed by atoms with Gasteiger partial charge in [-0.25, -0.2) is 4.79 Å². The van der Waals surface area contributed by atoms with Crippen LogP contribution >= 0.6 is 0 Å². The molecule has 1 aromatic heterocycles. The molecule has 1 heterocycles. The lowest BCUT2D eigenvalue weighted by Gasteiger charge is -2.09. The molecule has 126 valence electrons. The van der Waals surface area contributed by atoms with Crippen LogP contribution in [0, 0.1) is 15.3 Å². The summed E-state index contributed by atoms with van der Waals surface area (Å²) < 4.78 is 5.57.